The van der Waals surface area contributed by atoms with Gasteiger partial charge in [0.05, 0.1) is 17.4 Å². The number of rotatable bonds is 0. The number of imidazole rings is 1. The van der Waals surface area contributed by atoms with Crippen molar-refractivity contribution in [3.63, 3.8) is 0 Å². The molecule has 3 rings (SSSR count). The summed E-state index contributed by atoms with van der Waals surface area (Å²) in [4.78, 5) is 7.02. The molecule has 0 saturated heterocycles. The number of benzene rings is 1. The Kier molecular flexibility index (Phi) is 2.33. The highest BCUT2D eigenvalue weighted by molar-refractivity contribution is 5.80. The van der Waals surface area contributed by atoms with Crippen LogP contribution < -0.4 is 0 Å². The molecule has 1 aromatic carbocycles. The largest absolute Gasteiger partial charge is 0.326 e. The van der Waals surface area contributed by atoms with E-state index in [-0.39, 0.29) is 5.54 Å². The minimum atomic E-state index is 0.0292. The topological polar surface area (TPSA) is 21.1 Å². The first-order chi connectivity index (χ1) is 8.44. The van der Waals surface area contributed by atoms with E-state index in [0.29, 0.717) is 12.1 Å². The molecule has 0 bridgehead atoms. The summed E-state index contributed by atoms with van der Waals surface area (Å²) in [7, 11) is 2.22. The summed E-state index contributed by atoms with van der Waals surface area (Å²) in [5.41, 5.74) is 3.80. The molecule has 0 N–H and O–H groups in total. The van der Waals surface area contributed by atoms with Crippen LogP contribution in [0.2, 0.25) is 0 Å². The lowest BCUT2D eigenvalue weighted by atomic mass is 9.91. The summed E-state index contributed by atoms with van der Waals surface area (Å²) in [5, 5.41) is 0. The van der Waals surface area contributed by atoms with Crippen LogP contribution in [0.4, 0.5) is 0 Å². The smallest absolute Gasteiger partial charge is 0.0961 e. The monoisotopic (exact) mass is 243 g/mol. The third-order valence-electron chi connectivity index (χ3n) is 4.88. The first-order valence-electron chi connectivity index (χ1n) is 6.63. The maximum atomic E-state index is 4.55. The van der Waals surface area contributed by atoms with E-state index >= 15 is 0 Å². The molecule has 1 aliphatic rings. The number of nitrogens with zero attached hydrogens (tertiary/aromatic N) is 3. The minimum Gasteiger partial charge on any atom is -0.326 e. The van der Waals surface area contributed by atoms with Crippen molar-refractivity contribution in [1.29, 1.82) is 0 Å². The highest BCUT2D eigenvalue weighted by atomic mass is 15.3. The molecule has 0 spiro atoms. The van der Waals surface area contributed by atoms with Gasteiger partial charge in [-0.1, -0.05) is 12.1 Å². The fourth-order valence-corrected chi connectivity index (χ4v) is 3.15. The van der Waals surface area contributed by atoms with E-state index in [0.717, 1.165) is 5.52 Å². The fourth-order valence-electron chi connectivity index (χ4n) is 3.15. The van der Waals surface area contributed by atoms with Crippen LogP contribution in [0.25, 0.3) is 11.0 Å². The lowest BCUT2D eigenvalue weighted by Gasteiger charge is -2.40. The molecular formula is C15H21N3. The zero-order chi connectivity index (χ0) is 13.1. The maximum Gasteiger partial charge on any atom is 0.0961 e. The van der Waals surface area contributed by atoms with Gasteiger partial charge in [0.2, 0.25) is 0 Å². The van der Waals surface area contributed by atoms with Crippen LogP contribution in [0.5, 0.6) is 0 Å². The third kappa shape index (κ3) is 1.31. The molecule has 2 heterocycles. The molecule has 0 saturated carbocycles. The number of para-hydroxylation sites is 1. The van der Waals surface area contributed by atoms with Crippen LogP contribution in [0.3, 0.4) is 0 Å². The van der Waals surface area contributed by atoms with Gasteiger partial charge in [-0.2, -0.15) is 0 Å². The van der Waals surface area contributed by atoms with Crippen LogP contribution in [-0.2, 0) is 5.54 Å². The van der Waals surface area contributed by atoms with E-state index < -0.39 is 0 Å². The molecule has 2 aromatic rings. The van der Waals surface area contributed by atoms with Gasteiger partial charge in [-0.15, -0.1) is 0 Å². The van der Waals surface area contributed by atoms with Crippen molar-refractivity contribution in [1.82, 2.24) is 14.5 Å². The van der Waals surface area contributed by atoms with Gasteiger partial charge in [0, 0.05) is 17.6 Å². The first kappa shape index (κ1) is 11.7. The zero-order valence-electron chi connectivity index (χ0n) is 11.8. The molecule has 1 aromatic heterocycles. The van der Waals surface area contributed by atoms with Crippen LogP contribution >= 0.6 is 0 Å². The molecule has 96 valence electrons. The van der Waals surface area contributed by atoms with Gasteiger partial charge >= 0.3 is 0 Å². The van der Waals surface area contributed by atoms with Crippen molar-refractivity contribution in [3.05, 3.63) is 30.1 Å². The predicted octanol–water partition coefficient (Wildman–Crippen LogP) is 3.17. The first-order valence-corrected chi connectivity index (χ1v) is 6.63. The molecule has 2 atom stereocenters. The van der Waals surface area contributed by atoms with Crippen molar-refractivity contribution in [3.8, 4) is 0 Å². The second-order valence-corrected chi connectivity index (χ2v) is 5.98. The molecular weight excluding hydrogens is 222 g/mol. The van der Waals surface area contributed by atoms with Crippen molar-refractivity contribution in [2.45, 2.75) is 45.3 Å². The van der Waals surface area contributed by atoms with Gasteiger partial charge in [-0.05, 0) is 46.4 Å². The predicted molar refractivity (Wildman–Crippen MR) is 74.7 cm³/mol. The molecule has 0 aliphatic carbocycles. The van der Waals surface area contributed by atoms with E-state index in [2.05, 4.69) is 67.4 Å². The Labute approximate surface area is 108 Å². The summed E-state index contributed by atoms with van der Waals surface area (Å²) in [6, 6.07) is 7.37. The Hall–Kier alpha value is -1.35. The van der Waals surface area contributed by atoms with Gasteiger partial charge in [0.1, 0.15) is 0 Å². The summed E-state index contributed by atoms with van der Waals surface area (Å²) in [6.07, 6.45) is 1.99. The van der Waals surface area contributed by atoms with E-state index in [1.807, 2.05) is 6.33 Å². The normalized spacial score (nSPS) is 27.4. The molecule has 3 heteroatoms. The zero-order valence-corrected chi connectivity index (χ0v) is 11.8. The maximum absolute atomic E-state index is 4.55. The number of likely N-dealkylation sites (N-methyl/N-ethyl adjacent to an activating group) is 1. The van der Waals surface area contributed by atoms with Crippen molar-refractivity contribution >= 4 is 11.0 Å². The van der Waals surface area contributed by atoms with E-state index in [9.17, 15) is 0 Å². The molecule has 18 heavy (non-hydrogen) atoms. The van der Waals surface area contributed by atoms with Crippen molar-refractivity contribution < 1.29 is 0 Å². The average Bonchev–Trinajstić information content (AvgIpc) is 2.77. The lowest BCUT2D eigenvalue weighted by Crippen LogP contribution is -2.45. The van der Waals surface area contributed by atoms with Gasteiger partial charge < -0.3 is 4.57 Å². The van der Waals surface area contributed by atoms with Crippen LogP contribution in [0, 0.1) is 0 Å². The Balaban J connectivity index is 2.41. The van der Waals surface area contributed by atoms with Crippen LogP contribution in [0.1, 0.15) is 39.3 Å². The number of aromatic nitrogens is 2. The SMILES string of the molecule is CC1C(C)n2cnc3cccc(c32)C(C)(C)N1C. The number of hydrogen-bond acceptors (Lipinski definition) is 2. The Bertz CT molecular complexity index is 597. The molecule has 0 fully saturated rings. The Morgan fingerprint density at radius 1 is 1.17 bits per heavy atom. The second-order valence-electron chi connectivity index (χ2n) is 5.98. The van der Waals surface area contributed by atoms with Crippen molar-refractivity contribution in [2.75, 3.05) is 7.05 Å². The molecule has 0 amide bonds. The quantitative estimate of drug-likeness (QED) is 0.708. The van der Waals surface area contributed by atoms with Crippen LogP contribution in [0.15, 0.2) is 24.5 Å². The van der Waals surface area contributed by atoms with Gasteiger partial charge in [-0.3, -0.25) is 4.90 Å². The molecule has 0 radical (unpaired) electrons. The van der Waals surface area contributed by atoms with Gasteiger partial charge in [0.25, 0.3) is 0 Å². The highest BCUT2D eigenvalue weighted by Crippen LogP contribution is 2.39. The second kappa shape index (κ2) is 3.58. The van der Waals surface area contributed by atoms with Gasteiger partial charge in [0.15, 0.2) is 0 Å². The molecule has 1 aliphatic heterocycles. The minimum absolute atomic E-state index is 0.0292. The third-order valence-corrected chi connectivity index (χ3v) is 4.88. The highest BCUT2D eigenvalue weighted by Gasteiger charge is 2.37. The molecule has 2 unspecified atom stereocenters. The standard InChI is InChI=1S/C15H21N3/c1-10-11(2)18-9-16-13-8-6-7-12(14(13)18)15(3,4)17(10)5/h6-11H,1-5H3. The van der Waals surface area contributed by atoms with Crippen molar-refractivity contribution in [2.24, 2.45) is 0 Å². The summed E-state index contributed by atoms with van der Waals surface area (Å²) >= 11 is 0. The van der Waals surface area contributed by atoms with E-state index in [4.69, 9.17) is 0 Å². The summed E-state index contributed by atoms with van der Waals surface area (Å²) in [6.45, 7) is 9.17. The Morgan fingerprint density at radius 2 is 1.89 bits per heavy atom. The molecule has 3 nitrogen and oxygen atoms in total. The summed E-state index contributed by atoms with van der Waals surface area (Å²) < 4.78 is 2.33. The van der Waals surface area contributed by atoms with E-state index in [1.54, 1.807) is 0 Å². The van der Waals surface area contributed by atoms with E-state index in [1.165, 1.54) is 11.1 Å². The average molecular weight is 243 g/mol. The number of hydrogen-bond donors (Lipinski definition) is 0. The van der Waals surface area contributed by atoms with Crippen LogP contribution in [-0.4, -0.2) is 27.5 Å². The fraction of sp³-hybridized carbons (Fsp3) is 0.533. The lowest BCUT2D eigenvalue weighted by molar-refractivity contribution is 0.0901. The van der Waals surface area contributed by atoms with Gasteiger partial charge in [-0.25, -0.2) is 4.98 Å². The Morgan fingerprint density at radius 3 is 2.61 bits per heavy atom. The summed E-state index contributed by atoms with van der Waals surface area (Å²) in [5.74, 6) is 0.